The number of hydrogen-bond acceptors (Lipinski definition) is 4. The van der Waals surface area contributed by atoms with E-state index in [1.165, 1.54) is 23.0 Å². The Labute approximate surface area is 241 Å². The van der Waals surface area contributed by atoms with Crippen LogP contribution in [-0.4, -0.2) is 27.6 Å². The number of rotatable bonds is 6. The van der Waals surface area contributed by atoms with Crippen LogP contribution in [0, 0.1) is 20.8 Å². The van der Waals surface area contributed by atoms with Gasteiger partial charge in [-0.3, -0.25) is 4.79 Å². The quantitative estimate of drug-likeness (QED) is 0.195. The van der Waals surface area contributed by atoms with Crippen molar-refractivity contribution in [3.63, 3.8) is 0 Å². The molecule has 0 amide bonds. The summed E-state index contributed by atoms with van der Waals surface area (Å²) in [5.41, 5.74) is 3.74. The molecule has 0 radical (unpaired) electrons. The van der Waals surface area contributed by atoms with Crippen molar-refractivity contribution >= 4 is 17.1 Å². The number of ether oxygens (including phenoxy) is 1. The summed E-state index contributed by atoms with van der Waals surface area (Å²) in [7, 11) is 1.62. The lowest BCUT2D eigenvalue weighted by atomic mass is 9.96. The largest absolute Gasteiger partial charge is 0.496 e. The monoisotopic (exact) mass is 572 g/mol. The Hall–Kier alpha value is -4.66. The van der Waals surface area contributed by atoms with Crippen molar-refractivity contribution in [3.05, 3.63) is 111 Å². The summed E-state index contributed by atoms with van der Waals surface area (Å²) < 4.78 is 49.9. The van der Waals surface area contributed by atoms with Crippen molar-refractivity contribution in [3.8, 4) is 22.8 Å². The van der Waals surface area contributed by atoms with Crippen LogP contribution < -0.4 is 10.3 Å². The van der Waals surface area contributed by atoms with Gasteiger partial charge in [-0.1, -0.05) is 38.1 Å². The Morgan fingerprint density at radius 3 is 2.36 bits per heavy atom. The Morgan fingerprint density at radius 1 is 0.976 bits per heavy atom. The predicted octanol–water partition coefficient (Wildman–Crippen LogP) is 7.81. The zero-order valence-electron chi connectivity index (χ0n) is 24.2. The minimum absolute atomic E-state index is 0.0277. The number of methoxy groups -OCH3 is 1. The molecular formula is C33H31F3N4O2. The first-order valence-electron chi connectivity index (χ1n) is 13.5. The van der Waals surface area contributed by atoms with E-state index in [0.717, 1.165) is 28.5 Å². The van der Waals surface area contributed by atoms with Gasteiger partial charge in [0.2, 0.25) is 0 Å². The van der Waals surface area contributed by atoms with Crippen LogP contribution in [0.2, 0.25) is 0 Å². The summed E-state index contributed by atoms with van der Waals surface area (Å²) in [4.78, 5) is 18.6. The second-order valence-electron chi connectivity index (χ2n) is 10.6. The molecule has 0 unspecified atom stereocenters. The van der Waals surface area contributed by atoms with E-state index in [0.29, 0.717) is 33.7 Å². The number of nitrogens with zero attached hydrogens (tertiary/aromatic N) is 4. The Kier molecular flexibility index (Phi) is 7.53. The van der Waals surface area contributed by atoms with Crippen LogP contribution in [0.25, 0.3) is 28.0 Å². The molecule has 3 aromatic carbocycles. The lowest BCUT2D eigenvalue weighted by Crippen LogP contribution is -2.21. The second kappa shape index (κ2) is 11.0. The van der Waals surface area contributed by atoms with Crippen molar-refractivity contribution < 1.29 is 17.9 Å². The van der Waals surface area contributed by atoms with Crippen molar-refractivity contribution in [1.82, 2.24) is 14.2 Å². The molecule has 2 heterocycles. The fourth-order valence-corrected chi connectivity index (χ4v) is 5.29. The maximum absolute atomic E-state index is 13.8. The molecule has 0 atom stereocenters. The van der Waals surface area contributed by atoms with Gasteiger partial charge in [0.05, 0.1) is 35.5 Å². The molecule has 0 saturated heterocycles. The molecular weight excluding hydrogens is 541 g/mol. The molecule has 0 aliphatic rings. The molecule has 42 heavy (non-hydrogen) atoms. The number of aromatic nitrogens is 3. The highest BCUT2D eigenvalue weighted by Crippen LogP contribution is 2.36. The van der Waals surface area contributed by atoms with E-state index in [2.05, 4.69) is 18.9 Å². The highest BCUT2D eigenvalue weighted by atomic mass is 19.4. The second-order valence-corrected chi connectivity index (χ2v) is 10.6. The van der Waals surface area contributed by atoms with Crippen LogP contribution in [0.3, 0.4) is 0 Å². The number of benzene rings is 3. The maximum atomic E-state index is 13.8. The molecule has 6 nitrogen and oxygen atoms in total. The SMILES string of the molecule is COc1cc(C)c(-c2nc3ccccc3c(=O)n2N=Cc2cc(C)n(-c3ccccc3C(F)(F)F)c2C)cc1C(C)C. The Morgan fingerprint density at radius 2 is 1.67 bits per heavy atom. The van der Waals surface area contributed by atoms with Gasteiger partial charge in [-0.05, 0) is 80.3 Å². The fraction of sp³-hybridized carbons (Fsp3) is 0.242. The van der Waals surface area contributed by atoms with E-state index in [1.54, 1.807) is 55.9 Å². The van der Waals surface area contributed by atoms with Crippen molar-refractivity contribution in [2.45, 2.75) is 46.7 Å². The molecule has 2 aromatic heterocycles. The first kappa shape index (κ1) is 28.9. The summed E-state index contributed by atoms with van der Waals surface area (Å²) in [6, 6.07) is 18.2. The summed E-state index contributed by atoms with van der Waals surface area (Å²) in [5.74, 6) is 1.25. The van der Waals surface area contributed by atoms with E-state index in [1.807, 2.05) is 25.1 Å². The zero-order valence-corrected chi connectivity index (χ0v) is 24.2. The summed E-state index contributed by atoms with van der Waals surface area (Å²) in [6.07, 6.45) is -3.02. The molecule has 5 aromatic rings. The molecule has 5 rings (SSSR count). The third-order valence-corrected chi connectivity index (χ3v) is 7.43. The zero-order chi connectivity index (χ0) is 30.3. The van der Waals surface area contributed by atoms with Crippen molar-refractivity contribution in [1.29, 1.82) is 0 Å². The van der Waals surface area contributed by atoms with Crippen LogP contribution in [0.4, 0.5) is 13.2 Å². The van der Waals surface area contributed by atoms with Gasteiger partial charge in [0.1, 0.15) is 5.75 Å². The van der Waals surface area contributed by atoms with Gasteiger partial charge < -0.3 is 9.30 Å². The fourth-order valence-electron chi connectivity index (χ4n) is 5.29. The minimum Gasteiger partial charge on any atom is -0.496 e. The summed E-state index contributed by atoms with van der Waals surface area (Å²) in [5, 5.41) is 4.99. The smallest absolute Gasteiger partial charge is 0.418 e. The minimum atomic E-state index is -4.52. The molecule has 0 aliphatic heterocycles. The van der Waals surface area contributed by atoms with Gasteiger partial charge in [0.15, 0.2) is 5.82 Å². The molecule has 0 bridgehead atoms. The van der Waals surface area contributed by atoms with Gasteiger partial charge in [0.25, 0.3) is 5.56 Å². The molecule has 9 heteroatoms. The van der Waals surface area contributed by atoms with E-state index < -0.39 is 11.7 Å². The van der Waals surface area contributed by atoms with E-state index in [9.17, 15) is 18.0 Å². The summed E-state index contributed by atoms with van der Waals surface area (Å²) >= 11 is 0. The first-order chi connectivity index (χ1) is 19.9. The highest BCUT2D eigenvalue weighted by molar-refractivity contribution is 5.84. The third kappa shape index (κ3) is 5.11. The number of alkyl halides is 3. The number of aryl methyl sites for hydroxylation is 2. The standard InChI is InChI=1S/C33H31F3N4O2/c1-19(2)25-17-26(20(3)15-30(25)42-6)31-38-28-13-9-7-11-24(28)32(41)40(31)37-18-23-16-21(4)39(22(23)5)29-14-10-8-12-27(29)33(34,35)36/h7-19H,1-6H3. The molecule has 0 N–H and O–H groups in total. The van der Waals surface area contributed by atoms with Gasteiger partial charge in [0, 0.05) is 22.5 Å². The molecule has 0 aliphatic carbocycles. The van der Waals surface area contributed by atoms with E-state index in [4.69, 9.17) is 9.72 Å². The van der Waals surface area contributed by atoms with Crippen LogP contribution in [0.15, 0.2) is 76.6 Å². The van der Waals surface area contributed by atoms with Gasteiger partial charge in [-0.25, -0.2) is 4.98 Å². The van der Waals surface area contributed by atoms with Crippen LogP contribution in [-0.2, 0) is 6.18 Å². The highest BCUT2D eigenvalue weighted by Gasteiger charge is 2.34. The van der Waals surface area contributed by atoms with Crippen LogP contribution in [0.1, 0.15) is 53.4 Å². The normalized spacial score (nSPS) is 12.1. The number of fused-ring (bicyclic) bond motifs is 1. The Balaban J connectivity index is 1.71. The third-order valence-electron chi connectivity index (χ3n) is 7.43. The van der Waals surface area contributed by atoms with Crippen LogP contribution in [0.5, 0.6) is 5.75 Å². The molecule has 0 spiro atoms. The molecule has 216 valence electrons. The van der Waals surface area contributed by atoms with Gasteiger partial charge in [-0.2, -0.15) is 22.9 Å². The molecule has 0 fully saturated rings. The molecule has 0 saturated carbocycles. The van der Waals surface area contributed by atoms with Crippen molar-refractivity contribution in [2.75, 3.05) is 7.11 Å². The lowest BCUT2D eigenvalue weighted by Gasteiger charge is -2.17. The van der Waals surface area contributed by atoms with Crippen molar-refractivity contribution in [2.24, 2.45) is 5.10 Å². The van der Waals surface area contributed by atoms with E-state index in [-0.39, 0.29) is 17.2 Å². The Bertz CT molecular complexity index is 1900. The first-order valence-corrected chi connectivity index (χ1v) is 13.5. The van der Waals surface area contributed by atoms with E-state index >= 15 is 0 Å². The maximum Gasteiger partial charge on any atom is 0.418 e. The number of para-hydroxylation sites is 2. The lowest BCUT2D eigenvalue weighted by molar-refractivity contribution is -0.137. The topological polar surface area (TPSA) is 61.4 Å². The summed E-state index contributed by atoms with van der Waals surface area (Å²) in [6.45, 7) is 9.50. The van der Waals surface area contributed by atoms with Gasteiger partial charge >= 0.3 is 6.18 Å². The van der Waals surface area contributed by atoms with Crippen LogP contribution >= 0.6 is 0 Å². The average molecular weight is 573 g/mol. The average Bonchev–Trinajstić information content (AvgIpc) is 3.23. The number of halogens is 3. The predicted molar refractivity (Wildman–Crippen MR) is 160 cm³/mol. The number of hydrogen-bond donors (Lipinski definition) is 0. The van der Waals surface area contributed by atoms with Gasteiger partial charge in [-0.15, -0.1) is 0 Å².